The lowest BCUT2D eigenvalue weighted by Gasteiger charge is -2.31. The first-order valence-corrected chi connectivity index (χ1v) is 5.41. The first-order chi connectivity index (χ1) is 7.76. The number of carbonyl (C=O) groups excluding carboxylic acids is 1. The van der Waals surface area contributed by atoms with Gasteiger partial charge in [0.15, 0.2) is 0 Å². The molecule has 0 aliphatic rings. The van der Waals surface area contributed by atoms with Gasteiger partial charge in [-0.05, 0) is 38.1 Å². The number of hydrogen-bond donors (Lipinski definition) is 1. The molecule has 0 heterocycles. The van der Waals surface area contributed by atoms with Crippen molar-refractivity contribution in [1.82, 2.24) is 4.90 Å². The Morgan fingerprint density at radius 2 is 1.71 bits per heavy atom. The van der Waals surface area contributed by atoms with E-state index in [1.165, 1.54) is 25.8 Å². The Balaban J connectivity index is 2.98. The molecule has 0 radical (unpaired) electrons. The van der Waals surface area contributed by atoms with E-state index in [0.717, 1.165) is 0 Å². The minimum absolute atomic E-state index is 0.353. The molecule has 0 atom stereocenters. The molecule has 0 aromatic heterocycles. The van der Waals surface area contributed by atoms with Gasteiger partial charge in [0.1, 0.15) is 5.54 Å². The van der Waals surface area contributed by atoms with Crippen molar-refractivity contribution in [3.63, 3.8) is 0 Å². The highest BCUT2D eigenvalue weighted by molar-refractivity contribution is 6.30. The Bertz CT molecular complexity index is 440. The van der Waals surface area contributed by atoms with E-state index < -0.39 is 11.5 Å². The van der Waals surface area contributed by atoms with Gasteiger partial charge in [-0.15, -0.1) is 0 Å². The zero-order valence-electron chi connectivity index (χ0n) is 9.90. The van der Waals surface area contributed by atoms with Crippen LogP contribution in [-0.2, 0) is 4.79 Å². The van der Waals surface area contributed by atoms with Gasteiger partial charge in [0.2, 0.25) is 0 Å². The molecule has 0 saturated carbocycles. The molecule has 0 bridgehead atoms. The highest BCUT2D eigenvalue weighted by Gasteiger charge is 2.35. The van der Waals surface area contributed by atoms with Crippen molar-refractivity contribution in [2.75, 3.05) is 7.05 Å². The van der Waals surface area contributed by atoms with Crippen LogP contribution >= 0.6 is 11.6 Å². The van der Waals surface area contributed by atoms with Gasteiger partial charge in [-0.25, -0.2) is 4.79 Å². The number of aliphatic carboxylic acids is 1. The molecule has 1 aromatic rings. The molecule has 17 heavy (non-hydrogen) atoms. The second kappa shape index (κ2) is 4.75. The summed E-state index contributed by atoms with van der Waals surface area (Å²) >= 11 is 5.72. The van der Waals surface area contributed by atoms with Crippen molar-refractivity contribution in [1.29, 1.82) is 0 Å². The van der Waals surface area contributed by atoms with Crippen molar-refractivity contribution in [2.45, 2.75) is 19.4 Å². The Labute approximate surface area is 105 Å². The topological polar surface area (TPSA) is 57.6 Å². The van der Waals surface area contributed by atoms with E-state index in [9.17, 15) is 9.59 Å². The first kappa shape index (κ1) is 13.5. The number of carbonyl (C=O) groups is 2. The van der Waals surface area contributed by atoms with E-state index in [4.69, 9.17) is 16.7 Å². The summed E-state index contributed by atoms with van der Waals surface area (Å²) in [6, 6.07) is 6.32. The van der Waals surface area contributed by atoms with E-state index in [0.29, 0.717) is 10.6 Å². The maximum absolute atomic E-state index is 12.0. The van der Waals surface area contributed by atoms with Crippen LogP contribution in [0.25, 0.3) is 0 Å². The van der Waals surface area contributed by atoms with Crippen LogP contribution in [0.15, 0.2) is 24.3 Å². The van der Waals surface area contributed by atoms with E-state index in [-0.39, 0.29) is 5.91 Å². The fourth-order valence-corrected chi connectivity index (χ4v) is 1.31. The molecule has 4 nitrogen and oxygen atoms in total. The van der Waals surface area contributed by atoms with Crippen LogP contribution in [0.2, 0.25) is 5.02 Å². The highest BCUT2D eigenvalue weighted by Crippen LogP contribution is 2.17. The van der Waals surface area contributed by atoms with Crippen LogP contribution in [0.4, 0.5) is 0 Å². The number of rotatable bonds is 3. The normalized spacial score (nSPS) is 11.1. The molecule has 1 amide bonds. The van der Waals surface area contributed by atoms with Crippen LogP contribution in [0, 0.1) is 0 Å². The number of carboxylic acids is 1. The summed E-state index contributed by atoms with van der Waals surface area (Å²) in [7, 11) is 1.46. The first-order valence-electron chi connectivity index (χ1n) is 5.04. The number of amides is 1. The zero-order valence-corrected chi connectivity index (χ0v) is 10.7. The molecule has 92 valence electrons. The summed E-state index contributed by atoms with van der Waals surface area (Å²) in [6.07, 6.45) is 0. The third-order valence-corrected chi connectivity index (χ3v) is 3.01. The minimum Gasteiger partial charge on any atom is -0.480 e. The van der Waals surface area contributed by atoms with Crippen molar-refractivity contribution in [3.05, 3.63) is 34.9 Å². The molecule has 0 spiro atoms. The van der Waals surface area contributed by atoms with Gasteiger partial charge in [-0.2, -0.15) is 0 Å². The number of hydrogen-bond acceptors (Lipinski definition) is 2. The van der Waals surface area contributed by atoms with Gasteiger partial charge in [0.05, 0.1) is 0 Å². The Kier molecular flexibility index (Phi) is 3.78. The summed E-state index contributed by atoms with van der Waals surface area (Å²) in [6.45, 7) is 2.95. The van der Waals surface area contributed by atoms with Gasteiger partial charge >= 0.3 is 5.97 Å². The van der Waals surface area contributed by atoms with Crippen LogP contribution in [-0.4, -0.2) is 34.5 Å². The number of carboxylic acid groups (broad SMARTS) is 1. The molecule has 0 unspecified atom stereocenters. The maximum atomic E-state index is 12.0. The molecule has 5 heteroatoms. The monoisotopic (exact) mass is 255 g/mol. The summed E-state index contributed by atoms with van der Waals surface area (Å²) in [5.41, 5.74) is -0.845. The average molecular weight is 256 g/mol. The Hall–Kier alpha value is -1.55. The van der Waals surface area contributed by atoms with E-state index in [1.54, 1.807) is 24.3 Å². The van der Waals surface area contributed by atoms with Gasteiger partial charge in [-0.1, -0.05) is 11.6 Å². The SMILES string of the molecule is CN(C(=O)c1ccc(Cl)cc1)C(C)(C)C(=O)O. The molecule has 0 fully saturated rings. The largest absolute Gasteiger partial charge is 0.480 e. The molecule has 0 saturated heterocycles. The predicted molar refractivity (Wildman–Crippen MR) is 65.3 cm³/mol. The van der Waals surface area contributed by atoms with Gasteiger partial charge in [0, 0.05) is 17.6 Å². The van der Waals surface area contributed by atoms with Crippen molar-refractivity contribution in [2.24, 2.45) is 0 Å². The molecule has 1 aromatic carbocycles. The number of nitrogens with zero attached hydrogens (tertiary/aromatic N) is 1. The van der Waals surface area contributed by atoms with Crippen LogP contribution in [0.1, 0.15) is 24.2 Å². The standard InChI is InChI=1S/C12H14ClNO3/c1-12(2,11(16)17)14(3)10(15)8-4-6-9(13)7-5-8/h4-7H,1-3H3,(H,16,17). The molecule has 0 aliphatic heterocycles. The smallest absolute Gasteiger partial charge is 0.329 e. The van der Waals surface area contributed by atoms with Crippen molar-refractivity contribution >= 4 is 23.5 Å². The molecule has 1 N–H and O–H groups in total. The summed E-state index contributed by atoms with van der Waals surface area (Å²) in [5, 5.41) is 9.57. The Morgan fingerprint density at radius 1 is 1.24 bits per heavy atom. The predicted octanol–water partition coefficient (Wildman–Crippen LogP) is 2.28. The lowest BCUT2D eigenvalue weighted by atomic mass is 10.0. The van der Waals surface area contributed by atoms with Crippen LogP contribution in [0.5, 0.6) is 0 Å². The lowest BCUT2D eigenvalue weighted by molar-refractivity contribution is -0.147. The molecular weight excluding hydrogens is 242 g/mol. The zero-order chi connectivity index (χ0) is 13.2. The number of likely N-dealkylation sites (N-methyl/N-ethyl adjacent to an activating group) is 1. The number of halogens is 1. The van der Waals surface area contributed by atoms with E-state index in [1.807, 2.05) is 0 Å². The summed E-state index contributed by atoms with van der Waals surface area (Å²) < 4.78 is 0. The molecular formula is C12H14ClNO3. The molecule has 0 aliphatic carbocycles. The fourth-order valence-electron chi connectivity index (χ4n) is 1.18. The van der Waals surface area contributed by atoms with Crippen LogP contribution in [0.3, 0.4) is 0 Å². The minimum atomic E-state index is -1.25. The third-order valence-electron chi connectivity index (χ3n) is 2.76. The van der Waals surface area contributed by atoms with E-state index in [2.05, 4.69) is 0 Å². The Morgan fingerprint density at radius 3 is 2.12 bits per heavy atom. The van der Waals surface area contributed by atoms with Gasteiger partial charge in [0.25, 0.3) is 5.91 Å². The van der Waals surface area contributed by atoms with Gasteiger partial charge in [-0.3, -0.25) is 4.79 Å². The van der Waals surface area contributed by atoms with Crippen molar-refractivity contribution in [3.8, 4) is 0 Å². The average Bonchev–Trinajstić information content (AvgIpc) is 2.27. The van der Waals surface area contributed by atoms with E-state index >= 15 is 0 Å². The molecule has 1 rings (SSSR count). The summed E-state index contributed by atoms with van der Waals surface area (Å²) in [5.74, 6) is -1.41. The third kappa shape index (κ3) is 2.77. The quantitative estimate of drug-likeness (QED) is 0.901. The fraction of sp³-hybridized carbons (Fsp3) is 0.333. The van der Waals surface area contributed by atoms with Crippen LogP contribution < -0.4 is 0 Å². The summed E-state index contributed by atoms with van der Waals surface area (Å²) in [4.78, 5) is 24.3. The highest BCUT2D eigenvalue weighted by atomic mass is 35.5. The second-order valence-corrected chi connectivity index (χ2v) is 4.67. The lowest BCUT2D eigenvalue weighted by Crippen LogP contribution is -2.50. The van der Waals surface area contributed by atoms with Crippen molar-refractivity contribution < 1.29 is 14.7 Å². The maximum Gasteiger partial charge on any atom is 0.329 e. The number of benzene rings is 1. The second-order valence-electron chi connectivity index (χ2n) is 4.24. The van der Waals surface area contributed by atoms with Gasteiger partial charge < -0.3 is 10.0 Å².